The van der Waals surface area contributed by atoms with Crippen molar-refractivity contribution in [3.8, 4) is 0 Å². The van der Waals surface area contributed by atoms with Gasteiger partial charge in [0.05, 0.1) is 24.2 Å². The molecule has 2 atom stereocenters. The summed E-state index contributed by atoms with van der Waals surface area (Å²) in [5.41, 5.74) is 1.14. The molecule has 13 heavy (non-hydrogen) atoms. The lowest BCUT2D eigenvalue weighted by Crippen LogP contribution is -2.34. The third-order valence-electron chi connectivity index (χ3n) is 2.42. The minimum absolute atomic E-state index is 0.301. The van der Waals surface area contributed by atoms with Gasteiger partial charge in [0.25, 0.3) is 0 Å². The topological polar surface area (TPSA) is 40.3 Å². The molecule has 0 aliphatic carbocycles. The predicted octanol–water partition coefficient (Wildman–Crippen LogP) is 0.796. The molecule has 3 aliphatic heterocycles. The highest BCUT2D eigenvalue weighted by Crippen LogP contribution is 2.27. The second-order valence-corrected chi connectivity index (χ2v) is 3.17. The zero-order valence-electron chi connectivity index (χ0n) is 6.91. The first kappa shape index (κ1) is 6.77. The number of rotatable bonds is 0. The van der Waals surface area contributed by atoms with E-state index in [-0.39, 0.29) is 0 Å². The van der Waals surface area contributed by atoms with Crippen LogP contribution in [0.15, 0.2) is 39.4 Å². The smallest absolute Gasteiger partial charge is 0.0820 e. The van der Waals surface area contributed by atoms with E-state index in [2.05, 4.69) is 26.2 Å². The molecule has 0 spiro atoms. The van der Waals surface area contributed by atoms with Crippen LogP contribution >= 0.6 is 0 Å². The number of allylic oxidation sites excluding steroid dienone is 1. The van der Waals surface area contributed by atoms with Gasteiger partial charge in [0, 0.05) is 24.5 Å². The second-order valence-electron chi connectivity index (χ2n) is 3.17. The molecule has 0 amide bonds. The van der Waals surface area contributed by atoms with Gasteiger partial charge < -0.3 is 4.90 Å². The van der Waals surface area contributed by atoms with E-state index >= 15 is 0 Å². The van der Waals surface area contributed by atoms with Gasteiger partial charge in [-0.1, -0.05) is 0 Å². The molecule has 0 N–H and O–H groups in total. The van der Waals surface area contributed by atoms with E-state index in [1.165, 1.54) is 0 Å². The van der Waals surface area contributed by atoms with Gasteiger partial charge in [0.1, 0.15) is 0 Å². The summed E-state index contributed by atoms with van der Waals surface area (Å²) in [7, 11) is 0. The third-order valence-corrected chi connectivity index (χ3v) is 2.42. The van der Waals surface area contributed by atoms with E-state index in [9.17, 15) is 0 Å². The summed E-state index contributed by atoms with van der Waals surface area (Å²) in [5, 5.41) is 7.78. The van der Waals surface area contributed by atoms with Crippen molar-refractivity contribution in [2.24, 2.45) is 21.1 Å². The molecule has 2 unspecified atom stereocenters. The Balaban J connectivity index is 2.03. The van der Waals surface area contributed by atoms with Crippen LogP contribution in [0.3, 0.4) is 0 Å². The molecule has 4 heteroatoms. The van der Waals surface area contributed by atoms with E-state index in [1.807, 2.05) is 24.8 Å². The highest BCUT2D eigenvalue weighted by Gasteiger charge is 2.32. The number of aliphatic imine (C=N–C) groups is 1. The minimum Gasteiger partial charge on any atom is -0.336 e. The van der Waals surface area contributed by atoms with Gasteiger partial charge in [-0.3, -0.25) is 4.99 Å². The molecule has 64 valence electrons. The fraction of sp³-hybridized carbons (Fsp3) is 0.222. The van der Waals surface area contributed by atoms with Crippen molar-refractivity contribution in [1.29, 1.82) is 0 Å². The van der Waals surface area contributed by atoms with Crippen molar-refractivity contribution in [1.82, 2.24) is 4.90 Å². The normalized spacial score (nSPS) is 33.2. The van der Waals surface area contributed by atoms with Crippen molar-refractivity contribution in [2.45, 2.75) is 6.04 Å². The zero-order valence-corrected chi connectivity index (χ0v) is 6.91. The summed E-state index contributed by atoms with van der Waals surface area (Å²) < 4.78 is 0. The molecule has 0 fully saturated rings. The molecular weight excluding hydrogens is 164 g/mol. The zero-order chi connectivity index (χ0) is 8.67. The third kappa shape index (κ3) is 0.884. The van der Waals surface area contributed by atoms with Gasteiger partial charge in [0.2, 0.25) is 0 Å². The van der Waals surface area contributed by atoms with Gasteiger partial charge in [-0.25, -0.2) is 0 Å². The van der Waals surface area contributed by atoms with Crippen LogP contribution in [0, 0.1) is 5.92 Å². The van der Waals surface area contributed by atoms with Crippen molar-refractivity contribution in [3.05, 3.63) is 24.2 Å². The maximum absolute atomic E-state index is 4.07. The van der Waals surface area contributed by atoms with Gasteiger partial charge in [0.15, 0.2) is 0 Å². The largest absolute Gasteiger partial charge is 0.336 e. The Morgan fingerprint density at radius 3 is 3.15 bits per heavy atom. The van der Waals surface area contributed by atoms with Crippen LogP contribution in [0.1, 0.15) is 0 Å². The van der Waals surface area contributed by atoms with Crippen LogP contribution in [0.5, 0.6) is 0 Å². The predicted molar refractivity (Wildman–Crippen MR) is 51.8 cm³/mol. The Labute approximate surface area is 75.7 Å². The Morgan fingerprint density at radius 2 is 2.15 bits per heavy atom. The van der Waals surface area contributed by atoms with Crippen LogP contribution in [-0.4, -0.2) is 29.6 Å². The molecule has 3 aliphatic rings. The Kier molecular flexibility index (Phi) is 1.24. The molecule has 0 saturated carbocycles. The summed E-state index contributed by atoms with van der Waals surface area (Å²) >= 11 is 0. The molecule has 0 bridgehead atoms. The minimum atomic E-state index is 0.301. The van der Waals surface area contributed by atoms with Crippen molar-refractivity contribution < 1.29 is 0 Å². The number of fused-ring (bicyclic) bond motifs is 3. The first-order valence-corrected chi connectivity index (χ1v) is 4.22. The average Bonchev–Trinajstić information content (AvgIpc) is 2.56. The molecule has 0 aromatic rings. The standard InChI is InChI=1S/C9H8N4/c1-2-13-8(5-10-1)3-7-4-11-12-6-9(7)13/h1-7,9H. The fourth-order valence-corrected chi connectivity index (χ4v) is 1.79. The van der Waals surface area contributed by atoms with Gasteiger partial charge in [-0.05, 0) is 6.08 Å². The maximum Gasteiger partial charge on any atom is 0.0820 e. The van der Waals surface area contributed by atoms with Gasteiger partial charge in [-0.15, -0.1) is 0 Å². The lowest BCUT2D eigenvalue weighted by atomic mass is 10.0. The van der Waals surface area contributed by atoms with Crippen LogP contribution in [0.4, 0.5) is 0 Å². The Morgan fingerprint density at radius 1 is 1.23 bits per heavy atom. The maximum atomic E-state index is 4.07. The SMILES string of the molecule is C1=CN2C(=CC3C=NN=CC32)C=N1. The van der Waals surface area contributed by atoms with Crippen molar-refractivity contribution >= 4 is 18.6 Å². The van der Waals surface area contributed by atoms with Crippen LogP contribution in [0.2, 0.25) is 0 Å². The van der Waals surface area contributed by atoms with E-state index in [0.29, 0.717) is 12.0 Å². The van der Waals surface area contributed by atoms with E-state index in [1.54, 1.807) is 6.20 Å². The Hall–Kier alpha value is -1.71. The number of hydrogen-bond acceptors (Lipinski definition) is 4. The van der Waals surface area contributed by atoms with E-state index in [0.717, 1.165) is 5.70 Å². The number of hydrogen-bond donors (Lipinski definition) is 0. The van der Waals surface area contributed by atoms with Crippen LogP contribution in [-0.2, 0) is 0 Å². The molecule has 0 aromatic carbocycles. The average molecular weight is 172 g/mol. The summed E-state index contributed by atoms with van der Waals surface area (Å²) in [6, 6.07) is 0.301. The molecule has 3 heterocycles. The quantitative estimate of drug-likeness (QED) is 0.532. The summed E-state index contributed by atoms with van der Waals surface area (Å²) in [6.45, 7) is 0. The molecule has 0 radical (unpaired) electrons. The summed E-state index contributed by atoms with van der Waals surface area (Å²) in [4.78, 5) is 6.23. The number of nitrogens with zero attached hydrogens (tertiary/aromatic N) is 4. The fourth-order valence-electron chi connectivity index (χ4n) is 1.79. The lowest BCUT2D eigenvalue weighted by Gasteiger charge is -2.25. The summed E-state index contributed by atoms with van der Waals surface area (Å²) in [6.07, 6.45) is 11.5. The van der Waals surface area contributed by atoms with Gasteiger partial charge >= 0.3 is 0 Å². The van der Waals surface area contributed by atoms with Gasteiger partial charge in [-0.2, -0.15) is 10.2 Å². The molecular formula is C9H8N4. The highest BCUT2D eigenvalue weighted by molar-refractivity contribution is 5.88. The summed E-state index contributed by atoms with van der Waals surface area (Å²) in [5.74, 6) is 0.349. The lowest BCUT2D eigenvalue weighted by molar-refractivity contribution is 0.444. The Bertz CT molecular complexity index is 375. The first-order valence-electron chi connectivity index (χ1n) is 4.22. The van der Waals surface area contributed by atoms with E-state index < -0.39 is 0 Å². The second kappa shape index (κ2) is 2.39. The molecule has 3 rings (SSSR count). The van der Waals surface area contributed by atoms with Crippen molar-refractivity contribution in [2.75, 3.05) is 0 Å². The highest BCUT2D eigenvalue weighted by atomic mass is 15.3. The molecule has 0 saturated heterocycles. The van der Waals surface area contributed by atoms with Crippen LogP contribution in [0.25, 0.3) is 0 Å². The molecule has 0 aromatic heterocycles. The van der Waals surface area contributed by atoms with E-state index in [4.69, 9.17) is 0 Å². The van der Waals surface area contributed by atoms with Crippen molar-refractivity contribution in [3.63, 3.8) is 0 Å². The first-order chi connectivity index (χ1) is 6.45. The monoisotopic (exact) mass is 172 g/mol. The molecule has 4 nitrogen and oxygen atoms in total. The van der Waals surface area contributed by atoms with Crippen LogP contribution < -0.4 is 0 Å².